The van der Waals surface area contributed by atoms with Crippen LogP contribution in [0.3, 0.4) is 0 Å². The molecule has 220 valence electrons. The second-order valence-electron chi connectivity index (χ2n) is 14.3. The van der Waals surface area contributed by atoms with Gasteiger partial charge in [0.2, 0.25) is 0 Å². The van der Waals surface area contributed by atoms with E-state index in [1.165, 1.54) is 24.7 Å². The standard InChI is InChI=1S/C32H45N7O2/c1-31(2,3)21-6-7-23-24(14-21)38-26(37-23)12-18-10-19(11-18)15-32(4,5)36-16-20-13-25(28(41)27(20)40)39-9-8-22-29(33)34-17-35-30(22)39/h6-9,14,17-20,25,27-28,36,40-41H,10-13,15-16H2,1-5H3,(H,37,38)(H2,33,34,35)/t18?,19?,20-,25-,27-,28+/m1/s1. The van der Waals surface area contributed by atoms with Gasteiger partial charge in [-0.15, -0.1) is 0 Å². The van der Waals surface area contributed by atoms with E-state index in [1.807, 2.05) is 16.8 Å². The average molecular weight is 560 g/mol. The van der Waals surface area contributed by atoms with Crippen LogP contribution in [-0.2, 0) is 11.8 Å². The minimum absolute atomic E-state index is 0.0491. The summed E-state index contributed by atoms with van der Waals surface area (Å²) in [6, 6.07) is 8.22. The molecule has 9 nitrogen and oxygen atoms in total. The molecule has 0 aliphatic heterocycles. The van der Waals surface area contributed by atoms with Crippen molar-refractivity contribution in [2.45, 2.75) is 95.9 Å². The lowest BCUT2D eigenvalue weighted by molar-refractivity contribution is 0.00541. The summed E-state index contributed by atoms with van der Waals surface area (Å²) in [7, 11) is 0. The van der Waals surface area contributed by atoms with Gasteiger partial charge in [0.05, 0.1) is 28.6 Å². The van der Waals surface area contributed by atoms with Crippen LogP contribution in [0.2, 0.25) is 0 Å². The minimum Gasteiger partial charge on any atom is -0.390 e. The third-order valence-electron chi connectivity index (χ3n) is 9.52. The van der Waals surface area contributed by atoms with Crippen molar-refractivity contribution >= 4 is 27.9 Å². The number of aromatic amines is 1. The molecule has 3 aromatic heterocycles. The molecule has 6 rings (SSSR count). The number of nitrogens with one attached hydrogen (secondary N) is 2. The first kappa shape index (κ1) is 28.1. The van der Waals surface area contributed by atoms with Crippen molar-refractivity contribution in [1.82, 2.24) is 29.8 Å². The van der Waals surface area contributed by atoms with Gasteiger partial charge in [-0.25, -0.2) is 15.0 Å². The van der Waals surface area contributed by atoms with Crippen molar-refractivity contribution in [3.63, 3.8) is 0 Å². The van der Waals surface area contributed by atoms with E-state index in [4.69, 9.17) is 10.7 Å². The molecule has 2 aliphatic rings. The number of aliphatic hydroxyl groups is 2. The summed E-state index contributed by atoms with van der Waals surface area (Å²) in [6.45, 7) is 11.9. The first-order valence-corrected chi connectivity index (χ1v) is 15.1. The lowest BCUT2D eigenvalue weighted by Gasteiger charge is -2.40. The monoisotopic (exact) mass is 559 g/mol. The highest BCUT2D eigenvalue weighted by molar-refractivity contribution is 5.86. The van der Waals surface area contributed by atoms with Crippen LogP contribution in [0.4, 0.5) is 5.82 Å². The molecule has 4 atom stereocenters. The number of rotatable bonds is 8. The number of aromatic nitrogens is 5. The van der Waals surface area contributed by atoms with Crippen LogP contribution in [0.15, 0.2) is 36.8 Å². The Bertz CT molecular complexity index is 1530. The number of hydrogen-bond donors (Lipinski definition) is 5. The van der Waals surface area contributed by atoms with Crippen LogP contribution in [-0.4, -0.2) is 59.0 Å². The number of anilines is 1. The highest BCUT2D eigenvalue weighted by Crippen LogP contribution is 2.41. The molecule has 4 aromatic rings. The van der Waals surface area contributed by atoms with E-state index in [0.717, 1.165) is 35.1 Å². The Morgan fingerprint density at radius 2 is 1.80 bits per heavy atom. The van der Waals surface area contributed by atoms with Crippen molar-refractivity contribution in [3.05, 3.63) is 48.2 Å². The molecular weight excluding hydrogens is 514 g/mol. The van der Waals surface area contributed by atoms with Crippen molar-refractivity contribution in [2.24, 2.45) is 17.8 Å². The molecule has 1 aromatic carbocycles. The third kappa shape index (κ3) is 5.59. The summed E-state index contributed by atoms with van der Waals surface area (Å²) < 4.78 is 1.94. The van der Waals surface area contributed by atoms with E-state index in [1.54, 1.807) is 0 Å². The molecule has 0 amide bonds. The third-order valence-corrected chi connectivity index (χ3v) is 9.52. The smallest absolute Gasteiger partial charge is 0.145 e. The zero-order valence-electron chi connectivity index (χ0n) is 24.9. The number of hydrogen-bond acceptors (Lipinski definition) is 7. The summed E-state index contributed by atoms with van der Waals surface area (Å²) in [6.07, 6.45) is 6.86. The zero-order chi connectivity index (χ0) is 29.1. The zero-order valence-corrected chi connectivity index (χ0v) is 24.9. The van der Waals surface area contributed by atoms with Crippen molar-refractivity contribution in [2.75, 3.05) is 12.3 Å². The number of aliphatic hydroxyl groups excluding tert-OH is 2. The molecule has 6 N–H and O–H groups in total. The van der Waals surface area contributed by atoms with Crippen LogP contribution in [0.25, 0.3) is 22.1 Å². The van der Waals surface area contributed by atoms with E-state index in [-0.39, 0.29) is 22.9 Å². The number of nitrogen functional groups attached to an aromatic ring is 1. The Hall–Kier alpha value is -3.01. The van der Waals surface area contributed by atoms with Crippen molar-refractivity contribution in [1.29, 1.82) is 0 Å². The van der Waals surface area contributed by atoms with E-state index in [9.17, 15) is 10.2 Å². The van der Waals surface area contributed by atoms with Crippen LogP contribution < -0.4 is 11.1 Å². The van der Waals surface area contributed by atoms with E-state index >= 15 is 0 Å². The second-order valence-corrected chi connectivity index (χ2v) is 14.3. The van der Waals surface area contributed by atoms with E-state index in [2.05, 4.69) is 73.1 Å². The first-order chi connectivity index (χ1) is 19.4. The van der Waals surface area contributed by atoms with Gasteiger partial charge in [-0.05, 0) is 80.5 Å². The van der Waals surface area contributed by atoms with Gasteiger partial charge in [0.15, 0.2) is 0 Å². The molecule has 0 spiro atoms. The molecule has 3 heterocycles. The predicted molar refractivity (Wildman–Crippen MR) is 163 cm³/mol. The molecular formula is C32H45N7O2. The fourth-order valence-corrected chi connectivity index (χ4v) is 7.14. The summed E-state index contributed by atoms with van der Waals surface area (Å²) in [5.41, 5.74) is 10.3. The molecule has 0 saturated heterocycles. The second kappa shape index (κ2) is 10.4. The largest absolute Gasteiger partial charge is 0.390 e. The molecule has 0 unspecified atom stereocenters. The van der Waals surface area contributed by atoms with Crippen LogP contribution in [0.1, 0.15) is 77.7 Å². The lowest BCUT2D eigenvalue weighted by Crippen LogP contribution is -2.46. The molecule has 0 bridgehead atoms. The van der Waals surface area contributed by atoms with Crippen molar-refractivity contribution < 1.29 is 10.2 Å². The highest BCUT2D eigenvalue weighted by atomic mass is 16.3. The summed E-state index contributed by atoms with van der Waals surface area (Å²) in [5, 5.41) is 26.3. The SMILES string of the molecule is CC(C)(CC1CC(Cc2nc3cc(C(C)(C)C)ccc3[nH]2)C1)NC[C@H]1C[C@@H](n2ccc3c(N)ncnc32)[C@H](O)[C@@H]1O. The molecule has 9 heteroatoms. The number of nitrogens with two attached hydrogens (primary N) is 1. The molecule has 2 fully saturated rings. The maximum absolute atomic E-state index is 10.9. The lowest BCUT2D eigenvalue weighted by atomic mass is 9.68. The predicted octanol–water partition coefficient (Wildman–Crippen LogP) is 4.50. The quantitative estimate of drug-likeness (QED) is 0.214. The number of fused-ring (bicyclic) bond motifs is 2. The summed E-state index contributed by atoms with van der Waals surface area (Å²) >= 11 is 0. The van der Waals surface area contributed by atoms with Gasteiger partial charge < -0.3 is 30.8 Å². The Labute approximate surface area is 242 Å². The van der Waals surface area contributed by atoms with Gasteiger partial charge in [0, 0.05) is 30.6 Å². The van der Waals surface area contributed by atoms with E-state index < -0.39 is 12.2 Å². The minimum atomic E-state index is -0.859. The van der Waals surface area contributed by atoms with Crippen LogP contribution in [0.5, 0.6) is 0 Å². The number of nitrogens with zero attached hydrogens (tertiary/aromatic N) is 4. The maximum Gasteiger partial charge on any atom is 0.145 e. The summed E-state index contributed by atoms with van der Waals surface area (Å²) in [4.78, 5) is 16.9. The number of H-pyrrole nitrogens is 1. The molecule has 41 heavy (non-hydrogen) atoms. The van der Waals surface area contributed by atoms with Gasteiger partial charge >= 0.3 is 0 Å². The highest BCUT2D eigenvalue weighted by Gasteiger charge is 2.43. The molecule has 2 aliphatic carbocycles. The average Bonchev–Trinajstić information content (AvgIpc) is 3.57. The van der Waals surface area contributed by atoms with E-state index in [0.29, 0.717) is 36.3 Å². The fourth-order valence-electron chi connectivity index (χ4n) is 7.14. The topological polar surface area (TPSA) is 138 Å². The molecule has 0 radical (unpaired) electrons. The van der Waals surface area contributed by atoms with Crippen LogP contribution >= 0.6 is 0 Å². The number of benzene rings is 1. The first-order valence-electron chi connectivity index (χ1n) is 15.1. The summed E-state index contributed by atoms with van der Waals surface area (Å²) in [5.74, 6) is 2.82. The van der Waals surface area contributed by atoms with Crippen LogP contribution in [0, 0.1) is 17.8 Å². The Morgan fingerprint density at radius 1 is 1.02 bits per heavy atom. The van der Waals surface area contributed by atoms with Crippen molar-refractivity contribution in [3.8, 4) is 0 Å². The fraction of sp³-hybridized carbons (Fsp3) is 0.594. The molecule has 2 saturated carbocycles. The normalized spacial score (nSPS) is 27.1. The Kier molecular flexibility index (Phi) is 7.11. The van der Waals surface area contributed by atoms with Gasteiger partial charge in [-0.1, -0.05) is 26.8 Å². The van der Waals surface area contributed by atoms with Gasteiger partial charge in [-0.3, -0.25) is 0 Å². The Balaban J connectivity index is 0.999. The Morgan fingerprint density at radius 3 is 2.56 bits per heavy atom. The maximum atomic E-state index is 10.9. The van der Waals surface area contributed by atoms with Gasteiger partial charge in [0.1, 0.15) is 29.7 Å². The van der Waals surface area contributed by atoms with Gasteiger partial charge in [0.25, 0.3) is 0 Å². The van der Waals surface area contributed by atoms with Gasteiger partial charge in [-0.2, -0.15) is 0 Å². The number of imidazole rings is 1.